The van der Waals surface area contributed by atoms with E-state index in [1.165, 1.54) is 6.07 Å². The first-order chi connectivity index (χ1) is 5.15. The van der Waals surface area contributed by atoms with E-state index < -0.39 is 0 Å². The van der Waals surface area contributed by atoms with Crippen molar-refractivity contribution >= 4 is 17.3 Å². The zero-order valence-corrected chi connectivity index (χ0v) is 7.02. The van der Waals surface area contributed by atoms with Gasteiger partial charge in [0.15, 0.2) is 0 Å². The summed E-state index contributed by atoms with van der Waals surface area (Å²) in [5, 5.41) is 9.66. The molecule has 0 aromatic heterocycles. The van der Waals surface area contributed by atoms with Gasteiger partial charge in [0.25, 0.3) is 0 Å². The van der Waals surface area contributed by atoms with E-state index in [1.807, 2.05) is 6.92 Å². The second-order valence-corrected chi connectivity index (χ2v) is 2.77. The predicted molar refractivity (Wildman–Crippen MR) is 46.9 cm³/mol. The number of halogens is 1. The molecule has 3 N–H and O–H groups in total. The average molecular weight is 172 g/mol. The summed E-state index contributed by atoms with van der Waals surface area (Å²) in [6.07, 6.45) is 0.733. The maximum Gasteiger partial charge on any atom is 0.137 e. The molecule has 0 amide bonds. The Kier molecular flexibility index (Phi) is 2.25. The molecule has 0 spiro atoms. The van der Waals surface area contributed by atoms with E-state index in [2.05, 4.69) is 0 Å². The van der Waals surface area contributed by atoms with Crippen LogP contribution in [-0.4, -0.2) is 5.11 Å². The molecule has 0 heterocycles. The van der Waals surface area contributed by atoms with E-state index in [4.69, 9.17) is 17.3 Å². The molecule has 3 heteroatoms. The second kappa shape index (κ2) is 3.01. The molecule has 0 aliphatic rings. The van der Waals surface area contributed by atoms with Gasteiger partial charge in [-0.15, -0.1) is 0 Å². The van der Waals surface area contributed by atoms with E-state index in [0.29, 0.717) is 10.7 Å². The van der Waals surface area contributed by atoms with Gasteiger partial charge in [0.05, 0.1) is 5.02 Å². The van der Waals surface area contributed by atoms with Crippen molar-refractivity contribution in [1.82, 2.24) is 0 Å². The number of phenols is 1. The van der Waals surface area contributed by atoms with Gasteiger partial charge < -0.3 is 10.8 Å². The fourth-order valence-corrected chi connectivity index (χ4v) is 1.20. The summed E-state index contributed by atoms with van der Waals surface area (Å²) in [4.78, 5) is 0. The van der Waals surface area contributed by atoms with Gasteiger partial charge in [0.1, 0.15) is 5.75 Å². The van der Waals surface area contributed by atoms with Crippen LogP contribution in [0.3, 0.4) is 0 Å². The summed E-state index contributed by atoms with van der Waals surface area (Å²) in [5.41, 5.74) is 6.88. The van der Waals surface area contributed by atoms with Crippen LogP contribution >= 0.6 is 11.6 Å². The van der Waals surface area contributed by atoms with E-state index in [9.17, 15) is 5.11 Å². The van der Waals surface area contributed by atoms with Crippen LogP contribution in [0.15, 0.2) is 12.1 Å². The third-order valence-corrected chi connectivity index (χ3v) is 1.83. The zero-order valence-electron chi connectivity index (χ0n) is 6.26. The summed E-state index contributed by atoms with van der Waals surface area (Å²) in [7, 11) is 0. The molecule has 1 rings (SSSR count). The number of anilines is 1. The maximum atomic E-state index is 9.33. The highest BCUT2D eigenvalue weighted by Crippen LogP contribution is 2.30. The standard InChI is InChI=1S/C8H10ClNO/c1-2-5-3-6(10)4-7(9)8(5)11/h3-4,11H,2,10H2,1H3. The topological polar surface area (TPSA) is 46.2 Å². The SMILES string of the molecule is CCc1cc(N)cc(Cl)c1O. The van der Waals surface area contributed by atoms with Crippen LogP contribution < -0.4 is 5.73 Å². The van der Waals surface area contributed by atoms with Crippen LogP contribution in [0.2, 0.25) is 5.02 Å². The highest BCUT2D eigenvalue weighted by atomic mass is 35.5. The Hall–Kier alpha value is -0.890. The van der Waals surface area contributed by atoms with Crippen LogP contribution in [0.1, 0.15) is 12.5 Å². The number of benzene rings is 1. The number of aryl methyl sites for hydroxylation is 1. The van der Waals surface area contributed by atoms with Crippen molar-refractivity contribution in [3.05, 3.63) is 22.7 Å². The highest BCUT2D eigenvalue weighted by molar-refractivity contribution is 6.32. The minimum absolute atomic E-state index is 0.142. The molecule has 0 aliphatic carbocycles. The number of nitrogen functional groups attached to an aromatic ring is 1. The summed E-state index contributed by atoms with van der Waals surface area (Å²) in [5.74, 6) is 0.142. The van der Waals surface area contributed by atoms with Crippen molar-refractivity contribution in [3.63, 3.8) is 0 Å². The summed E-state index contributed by atoms with van der Waals surface area (Å²) < 4.78 is 0. The normalized spacial score (nSPS) is 10.0. The molecule has 0 radical (unpaired) electrons. The lowest BCUT2D eigenvalue weighted by Gasteiger charge is -2.04. The van der Waals surface area contributed by atoms with Gasteiger partial charge in [-0.3, -0.25) is 0 Å². The number of rotatable bonds is 1. The van der Waals surface area contributed by atoms with Gasteiger partial charge in [-0.05, 0) is 24.1 Å². The number of phenolic OH excluding ortho intramolecular Hbond substituents is 1. The lowest BCUT2D eigenvalue weighted by molar-refractivity contribution is 0.469. The molecule has 0 bridgehead atoms. The van der Waals surface area contributed by atoms with E-state index in [0.717, 1.165) is 12.0 Å². The first-order valence-electron chi connectivity index (χ1n) is 3.42. The molecule has 0 fully saturated rings. The van der Waals surface area contributed by atoms with Crippen LogP contribution in [0.5, 0.6) is 5.75 Å². The van der Waals surface area contributed by atoms with Gasteiger partial charge in [-0.2, -0.15) is 0 Å². The van der Waals surface area contributed by atoms with Gasteiger partial charge in [0, 0.05) is 5.69 Å². The summed E-state index contributed by atoms with van der Waals surface area (Å²) >= 11 is 5.67. The Labute approximate surface area is 70.6 Å². The van der Waals surface area contributed by atoms with Crippen LogP contribution in [0.25, 0.3) is 0 Å². The number of nitrogens with two attached hydrogens (primary N) is 1. The molecule has 0 aliphatic heterocycles. The van der Waals surface area contributed by atoms with Crippen LogP contribution in [-0.2, 0) is 6.42 Å². The largest absolute Gasteiger partial charge is 0.506 e. The molecule has 0 saturated heterocycles. The first kappa shape index (κ1) is 8.21. The number of aromatic hydroxyl groups is 1. The summed E-state index contributed by atoms with van der Waals surface area (Å²) in [6.45, 7) is 1.94. The highest BCUT2D eigenvalue weighted by Gasteiger charge is 2.04. The van der Waals surface area contributed by atoms with Gasteiger partial charge in [-0.1, -0.05) is 18.5 Å². The third kappa shape index (κ3) is 1.57. The van der Waals surface area contributed by atoms with Crippen molar-refractivity contribution in [1.29, 1.82) is 0 Å². The third-order valence-electron chi connectivity index (χ3n) is 1.55. The molecular weight excluding hydrogens is 162 g/mol. The number of hydrogen-bond donors (Lipinski definition) is 2. The van der Waals surface area contributed by atoms with Crippen molar-refractivity contribution in [3.8, 4) is 5.75 Å². The Morgan fingerprint density at radius 1 is 1.55 bits per heavy atom. The monoisotopic (exact) mass is 171 g/mol. The van der Waals surface area contributed by atoms with Crippen molar-refractivity contribution in [2.24, 2.45) is 0 Å². The zero-order chi connectivity index (χ0) is 8.43. The molecular formula is C8H10ClNO. The van der Waals surface area contributed by atoms with Crippen molar-refractivity contribution < 1.29 is 5.11 Å². The predicted octanol–water partition coefficient (Wildman–Crippen LogP) is 2.19. The second-order valence-electron chi connectivity index (χ2n) is 2.36. The molecule has 1 aromatic carbocycles. The van der Waals surface area contributed by atoms with Gasteiger partial charge in [0.2, 0.25) is 0 Å². The van der Waals surface area contributed by atoms with Crippen molar-refractivity contribution in [2.45, 2.75) is 13.3 Å². The van der Waals surface area contributed by atoms with Crippen molar-refractivity contribution in [2.75, 3.05) is 5.73 Å². The maximum absolute atomic E-state index is 9.33. The quantitative estimate of drug-likeness (QED) is 0.503. The van der Waals surface area contributed by atoms with Gasteiger partial charge in [-0.25, -0.2) is 0 Å². The van der Waals surface area contributed by atoms with Crippen LogP contribution in [0.4, 0.5) is 5.69 Å². The fraction of sp³-hybridized carbons (Fsp3) is 0.250. The molecule has 60 valence electrons. The van der Waals surface area contributed by atoms with Gasteiger partial charge >= 0.3 is 0 Å². The minimum atomic E-state index is 0.142. The molecule has 0 saturated carbocycles. The lowest BCUT2D eigenvalue weighted by atomic mass is 10.1. The Balaban J connectivity index is 3.24. The Morgan fingerprint density at radius 3 is 2.73 bits per heavy atom. The molecule has 2 nitrogen and oxygen atoms in total. The first-order valence-corrected chi connectivity index (χ1v) is 3.79. The van der Waals surface area contributed by atoms with E-state index in [1.54, 1.807) is 6.07 Å². The molecule has 1 aromatic rings. The Bertz CT molecular complexity index is 273. The molecule has 0 atom stereocenters. The Morgan fingerprint density at radius 2 is 2.18 bits per heavy atom. The minimum Gasteiger partial charge on any atom is -0.506 e. The smallest absolute Gasteiger partial charge is 0.137 e. The van der Waals surface area contributed by atoms with E-state index >= 15 is 0 Å². The fourth-order valence-electron chi connectivity index (χ4n) is 0.949. The van der Waals surface area contributed by atoms with E-state index in [-0.39, 0.29) is 5.75 Å². The molecule has 11 heavy (non-hydrogen) atoms. The number of hydrogen-bond acceptors (Lipinski definition) is 2. The van der Waals surface area contributed by atoms with Crippen LogP contribution in [0, 0.1) is 0 Å². The average Bonchev–Trinajstić information content (AvgIpc) is 1.96. The summed E-state index contributed by atoms with van der Waals surface area (Å²) in [6, 6.07) is 3.26. The lowest BCUT2D eigenvalue weighted by Crippen LogP contribution is -1.89. The molecule has 0 unspecified atom stereocenters.